The molecule has 18 heavy (non-hydrogen) atoms. The minimum Gasteiger partial charge on any atom is -0.351 e. The van der Waals surface area contributed by atoms with Crippen molar-refractivity contribution in [3.05, 3.63) is 17.3 Å². The van der Waals surface area contributed by atoms with Gasteiger partial charge in [-0.25, -0.2) is 9.97 Å². The van der Waals surface area contributed by atoms with E-state index in [2.05, 4.69) is 34.1 Å². The van der Waals surface area contributed by atoms with Crippen LogP contribution in [0.2, 0.25) is 0 Å². The van der Waals surface area contributed by atoms with E-state index in [0.717, 1.165) is 17.9 Å². The number of fused-ring (bicyclic) bond motifs is 1. The molecule has 2 unspecified atom stereocenters. The molecular weight excluding hydrogens is 266 g/mol. The van der Waals surface area contributed by atoms with Crippen LogP contribution in [0, 0.1) is 12.8 Å². The summed E-state index contributed by atoms with van der Waals surface area (Å²) in [7, 11) is 0. The molecule has 0 bridgehead atoms. The fraction of sp³-hybridized carbons (Fsp3) is 0.538. The molecule has 3 rings (SSSR count). The molecule has 1 aliphatic heterocycles. The second-order valence-corrected chi connectivity index (χ2v) is 6.16. The third-order valence-corrected chi connectivity index (χ3v) is 5.22. The molecule has 1 saturated heterocycles. The number of anilines is 1. The van der Waals surface area contributed by atoms with Crippen LogP contribution in [0.4, 0.5) is 5.82 Å². The van der Waals surface area contributed by atoms with E-state index in [1.54, 1.807) is 17.7 Å². The van der Waals surface area contributed by atoms with Crippen LogP contribution >= 0.6 is 22.9 Å². The summed E-state index contributed by atoms with van der Waals surface area (Å²) in [5, 5.41) is 2.15. The Labute approximate surface area is 116 Å². The lowest BCUT2D eigenvalue weighted by Gasteiger charge is -2.26. The highest BCUT2D eigenvalue weighted by atomic mass is 35.5. The molecule has 0 saturated carbocycles. The average Bonchev–Trinajstić information content (AvgIpc) is 2.93. The Morgan fingerprint density at radius 3 is 3.11 bits per heavy atom. The van der Waals surface area contributed by atoms with E-state index in [9.17, 15) is 0 Å². The quantitative estimate of drug-likeness (QED) is 0.790. The monoisotopic (exact) mass is 281 g/mol. The highest BCUT2D eigenvalue weighted by Crippen LogP contribution is 2.36. The first-order valence-corrected chi connectivity index (χ1v) is 7.65. The molecule has 1 fully saturated rings. The van der Waals surface area contributed by atoms with Gasteiger partial charge in [0.2, 0.25) is 0 Å². The number of hydrogen-bond acceptors (Lipinski definition) is 4. The summed E-state index contributed by atoms with van der Waals surface area (Å²) in [5.41, 5.74) is 2.31. The summed E-state index contributed by atoms with van der Waals surface area (Å²) in [4.78, 5) is 11.2. The number of halogens is 1. The van der Waals surface area contributed by atoms with Crippen LogP contribution < -0.4 is 4.90 Å². The van der Waals surface area contributed by atoms with Gasteiger partial charge in [-0.2, -0.15) is 0 Å². The summed E-state index contributed by atoms with van der Waals surface area (Å²) < 4.78 is 1.19. The summed E-state index contributed by atoms with van der Waals surface area (Å²) in [6.45, 7) is 5.41. The van der Waals surface area contributed by atoms with Crippen molar-refractivity contribution in [1.82, 2.24) is 9.97 Å². The van der Waals surface area contributed by atoms with E-state index in [0.29, 0.717) is 17.8 Å². The summed E-state index contributed by atoms with van der Waals surface area (Å²) >= 11 is 7.85. The first kappa shape index (κ1) is 12.2. The average molecular weight is 282 g/mol. The Balaban J connectivity index is 2.09. The topological polar surface area (TPSA) is 29.0 Å². The molecule has 0 radical (unpaired) electrons. The molecular formula is C13H16ClN3S. The molecule has 1 aliphatic rings. The Bertz CT molecular complexity index is 568. The molecule has 2 aromatic heterocycles. The summed E-state index contributed by atoms with van der Waals surface area (Å²) in [6, 6.07) is 0.396. The zero-order valence-corrected chi connectivity index (χ0v) is 12.1. The Morgan fingerprint density at radius 1 is 1.50 bits per heavy atom. The zero-order valence-electron chi connectivity index (χ0n) is 10.6. The van der Waals surface area contributed by atoms with Crippen LogP contribution in [0.3, 0.4) is 0 Å². The van der Waals surface area contributed by atoms with E-state index in [-0.39, 0.29) is 0 Å². The molecule has 0 aliphatic carbocycles. The highest BCUT2D eigenvalue weighted by Gasteiger charge is 2.32. The highest BCUT2D eigenvalue weighted by molar-refractivity contribution is 7.18. The Morgan fingerprint density at radius 2 is 2.33 bits per heavy atom. The molecule has 0 spiro atoms. The molecule has 3 nitrogen and oxygen atoms in total. The van der Waals surface area contributed by atoms with Crippen LogP contribution in [0.5, 0.6) is 0 Å². The number of aromatic nitrogens is 2. The van der Waals surface area contributed by atoms with Gasteiger partial charge in [0.15, 0.2) is 0 Å². The molecule has 2 atom stereocenters. The Kier molecular flexibility index (Phi) is 3.16. The van der Waals surface area contributed by atoms with Crippen molar-refractivity contribution in [2.45, 2.75) is 26.3 Å². The van der Waals surface area contributed by atoms with Gasteiger partial charge >= 0.3 is 0 Å². The smallest absolute Gasteiger partial charge is 0.150 e. The predicted octanol–water partition coefficient (Wildman–Crippen LogP) is 3.45. The lowest BCUT2D eigenvalue weighted by Crippen LogP contribution is -2.34. The van der Waals surface area contributed by atoms with Gasteiger partial charge in [0.05, 0.1) is 10.2 Å². The second kappa shape index (κ2) is 4.67. The number of alkyl halides is 1. The first-order chi connectivity index (χ1) is 8.72. The molecule has 0 N–H and O–H groups in total. The number of rotatable bonds is 2. The second-order valence-electron chi connectivity index (χ2n) is 4.97. The van der Waals surface area contributed by atoms with Gasteiger partial charge in [-0.15, -0.1) is 22.9 Å². The fourth-order valence-corrected chi connectivity index (χ4v) is 4.15. The summed E-state index contributed by atoms with van der Waals surface area (Å²) in [6.07, 6.45) is 2.86. The fourth-order valence-electron chi connectivity index (χ4n) is 2.67. The van der Waals surface area contributed by atoms with Gasteiger partial charge in [0.25, 0.3) is 0 Å². The molecule has 5 heteroatoms. The van der Waals surface area contributed by atoms with E-state index in [4.69, 9.17) is 11.6 Å². The summed E-state index contributed by atoms with van der Waals surface area (Å²) in [5.74, 6) is 2.36. The maximum Gasteiger partial charge on any atom is 0.150 e. The third-order valence-electron chi connectivity index (χ3n) is 3.82. The number of aryl methyl sites for hydroxylation is 1. The number of thiophene rings is 1. The van der Waals surface area contributed by atoms with E-state index in [1.807, 2.05) is 0 Å². The number of nitrogens with zero attached hydrogens (tertiary/aromatic N) is 3. The first-order valence-electron chi connectivity index (χ1n) is 6.23. The standard InChI is InChI=1S/C13H16ClN3S/c1-8-3-4-17(10(8)5-14)13-12-11(15-7-16-13)9(2)6-18-12/h6-8,10H,3-5H2,1-2H3. The molecule has 2 aromatic rings. The third kappa shape index (κ3) is 1.79. The minimum absolute atomic E-state index is 0.396. The van der Waals surface area contributed by atoms with Crippen LogP contribution in [0.15, 0.2) is 11.7 Å². The molecule has 0 amide bonds. The lowest BCUT2D eigenvalue weighted by atomic mass is 10.1. The lowest BCUT2D eigenvalue weighted by molar-refractivity contribution is 0.549. The van der Waals surface area contributed by atoms with Crippen LogP contribution in [0.25, 0.3) is 10.2 Å². The van der Waals surface area contributed by atoms with Crippen molar-refractivity contribution >= 4 is 39.0 Å². The van der Waals surface area contributed by atoms with E-state index < -0.39 is 0 Å². The predicted molar refractivity (Wildman–Crippen MR) is 77.8 cm³/mol. The van der Waals surface area contributed by atoms with Crippen molar-refractivity contribution in [2.24, 2.45) is 5.92 Å². The van der Waals surface area contributed by atoms with Gasteiger partial charge in [-0.1, -0.05) is 6.92 Å². The van der Waals surface area contributed by atoms with Gasteiger partial charge < -0.3 is 4.90 Å². The maximum atomic E-state index is 6.12. The van der Waals surface area contributed by atoms with Crippen molar-refractivity contribution < 1.29 is 0 Å². The molecule has 3 heterocycles. The normalized spacial score (nSPS) is 24.1. The largest absolute Gasteiger partial charge is 0.351 e. The van der Waals surface area contributed by atoms with Crippen LogP contribution in [-0.2, 0) is 0 Å². The van der Waals surface area contributed by atoms with Crippen molar-refractivity contribution in [3.8, 4) is 0 Å². The number of hydrogen-bond donors (Lipinski definition) is 0. The van der Waals surface area contributed by atoms with Crippen molar-refractivity contribution in [3.63, 3.8) is 0 Å². The van der Waals surface area contributed by atoms with Gasteiger partial charge in [-0.3, -0.25) is 0 Å². The van der Waals surface area contributed by atoms with Gasteiger partial charge in [0.1, 0.15) is 12.1 Å². The molecule has 96 valence electrons. The van der Waals surface area contributed by atoms with Crippen molar-refractivity contribution in [1.29, 1.82) is 0 Å². The van der Waals surface area contributed by atoms with Gasteiger partial charge in [-0.05, 0) is 30.2 Å². The minimum atomic E-state index is 0.396. The van der Waals surface area contributed by atoms with Crippen LogP contribution in [-0.4, -0.2) is 28.4 Å². The van der Waals surface area contributed by atoms with E-state index in [1.165, 1.54) is 16.7 Å². The maximum absolute atomic E-state index is 6.12. The van der Waals surface area contributed by atoms with Crippen molar-refractivity contribution in [2.75, 3.05) is 17.3 Å². The zero-order chi connectivity index (χ0) is 12.7. The van der Waals surface area contributed by atoms with Gasteiger partial charge in [0, 0.05) is 18.5 Å². The SMILES string of the molecule is Cc1csc2c(N3CCC(C)C3CCl)ncnc12. The van der Waals surface area contributed by atoms with E-state index >= 15 is 0 Å². The van der Waals surface area contributed by atoms with Crippen LogP contribution in [0.1, 0.15) is 18.9 Å². The Hall–Kier alpha value is -0.870. The molecule has 0 aromatic carbocycles.